The summed E-state index contributed by atoms with van der Waals surface area (Å²) < 4.78 is 7.17. The Morgan fingerprint density at radius 2 is 2.11 bits per heavy atom. The second-order valence-corrected chi connectivity index (χ2v) is 4.45. The maximum Gasteiger partial charge on any atom is 0.180 e. The number of aromatic nitrogens is 2. The van der Waals surface area contributed by atoms with E-state index in [1.54, 1.807) is 23.6 Å². The highest BCUT2D eigenvalue weighted by atomic mass is 16.5. The zero-order valence-corrected chi connectivity index (χ0v) is 10.8. The van der Waals surface area contributed by atoms with E-state index in [9.17, 15) is 5.11 Å². The lowest BCUT2D eigenvalue weighted by Crippen LogP contribution is -1.88. The van der Waals surface area contributed by atoms with Gasteiger partial charge < -0.3 is 14.2 Å². The Balaban J connectivity index is 2.24. The average molecular weight is 254 g/mol. The molecule has 3 rings (SSSR count). The third-order valence-corrected chi connectivity index (χ3v) is 3.09. The molecule has 0 saturated heterocycles. The van der Waals surface area contributed by atoms with Crippen LogP contribution in [-0.2, 0) is 0 Å². The van der Waals surface area contributed by atoms with Crippen LogP contribution in [0.1, 0.15) is 5.56 Å². The molecule has 0 saturated carbocycles. The number of benzene rings is 1. The predicted molar refractivity (Wildman–Crippen MR) is 73.6 cm³/mol. The number of aryl methyl sites for hydroxylation is 1. The lowest BCUT2D eigenvalue weighted by molar-refractivity contribution is 0.416. The second kappa shape index (κ2) is 4.31. The van der Waals surface area contributed by atoms with Gasteiger partial charge in [-0.1, -0.05) is 11.6 Å². The molecule has 0 aliphatic heterocycles. The number of imidazole rings is 1. The molecule has 0 amide bonds. The van der Waals surface area contributed by atoms with Gasteiger partial charge in [0.1, 0.15) is 5.75 Å². The average Bonchev–Trinajstić information content (AvgIpc) is 2.84. The third-order valence-electron chi connectivity index (χ3n) is 3.09. The summed E-state index contributed by atoms with van der Waals surface area (Å²) in [6, 6.07) is 9.35. The van der Waals surface area contributed by atoms with Crippen molar-refractivity contribution in [1.29, 1.82) is 0 Å². The molecular formula is C15H14N2O2. The van der Waals surface area contributed by atoms with Crippen LogP contribution in [0.4, 0.5) is 0 Å². The third kappa shape index (κ3) is 1.91. The Bertz CT molecular complexity index is 747. The molecule has 2 aromatic heterocycles. The van der Waals surface area contributed by atoms with Crippen molar-refractivity contribution >= 4 is 5.65 Å². The van der Waals surface area contributed by atoms with E-state index in [0.717, 1.165) is 22.6 Å². The van der Waals surface area contributed by atoms with Crippen LogP contribution in [0.5, 0.6) is 11.5 Å². The highest BCUT2D eigenvalue weighted by Crippen LogP contribution is 2.31. The van der Waals surface area contributed by atoms with Crippen molar-refractivity contribution < 1.29 is 9.84 Å². The first-order valence-electron chi connectivity index (χ1n) is 6.01. The van der Waals surface area contributed by atoms with Crippen LogP contribution in [0.3, 0.4) is 0 Å². The van der Waals surface area contributed by atoms with Gasteiger partial charge in [-0.15, -0.1) is 0 Å². The zero-order chi connectivity index (χ0) is 13.4. The van der Waals surface area contributed by atoms with Crippen LogP contribution in [-0.4, -0.2) is 21.6 Å². The van der Waals surface area contributed by atoms with E-state index in [1.807, 2.05) is 37.5 Å². The molecule has 1 aromatic carbocycles. The van der Waals surface area contributed by atoms with Gasteiger partial charge in [-0.05, 0) is 31.2 Å². The second-order valence-electron chi connectivity index (χ2n) is 4.45. The van der Waals surface area contributed by atoms with Gasteiger partial charge in [0.25, 0.3) is 0 Å². The molecule has 0 atom stereocenters. The van der Waals surface area contributed by atoms with Crippen LogP contribution in [0, 0.1) is 6.92 Å². The number of aromatic hydroxyl groups is 1. The first-order valence-corrected chi connectivity index (χ1v) is 6.01. The van der Waals surface area contributed by atoms with E-state index < -0.39 is 0 Å². The summed E-state index contributed by atoms with van der Waals surface area (Å²) in [4.78, 5) is 4.47. The van der Waals surface area contributed by atoms with Crippen molar-refractivity contribution in [2.75, 3.05) is 7.11 Å². The summed E-state index contributed by atoms with van der Waals surface area (Å²) in [5.41, 5.74) is 3.38. The summed E-state index contributed by atoms with van der Waals surface area (Å²) in [6.45, 7) is 2.02. The topological polar surface area (TPSA) is 46.8 Å². The highest BCUT2D eigenvalue weighted by Gasteiger charge is 2.11. The minimum atomic E-state index is 0.167. The highest BCUT2D eigenvalue weighted by molar-refractivity contribution is 5.71. The molecule has 0 aliphatic rings. The monoisotopic (exact) mass is 254 g/mol. The molecule has 0 spiro atoms. The van der Waals surface area contributed by atoms with Gasteiger partial charge in [0.2, 0.25) is 0 Å². The fourth-order valence-corrected chi connectivity index (χ4v) is 2.15. The van der Waals surface area contributed by atoms with Crippen LogP contribution in [0.25, 0.3) is 16.9 Å². The maximum absolute atomic E-state index is 9.80. The summed E-state index contributed by atoms with van der Waals surface area (Å²) in [5.74, 6) is 0.939. The van der Waals surface area contributed by atoms with E-state index in [-0.39, 0.29) is 5.75 Å². The van der Waals surface area contributed by atoms with Crippen molar-refractivity contribution in [3.63, 3.8) is 0 Å². The van der Waals surface area contributed by atoms with Crippen molar-refractivity contribution in [1.82, 2.24) is 9.38 Å². The van der Waals surface area contributed by atoms with E-state index >= 15 is 0 Å². The van der Waals surface area contributed by atoms with E-state index in [4.69, 9.17) is 4.74 Å². The van der Waals surface area contributed by atoms with Gasteiger partial charge in [-0.2, -0.15) is 0 Å². The van der Waals surface area contributed by atoms with Crippen LogP contribution in [0.15, 0.2) is 42.7 Å². The number of pyridine rings is 1. The first kappa shape index (κ1) is 11.6. The van der Waals surface area contributed by atoms with Gasteiger partial charge in [0.15, 0.2) is 11.4 Å². The minimum Gasteiger partial charge on any atom is -0.504 e. The van der Waals surface area contributed by atoms with Gasteiger partial charge >= 0.3 is 0 Å². The number of hydrogen-bond donors (Lipinski definition) is 1. The zero-order valence-electron chi connectivity index (χ0n) is 10.8. The Morgan fingerprint density at radius 3 is 2.84 bits per heavy atom. The predicted octanol–water partition coefficient (Wildman–Crippen LogP) is 3.02. The number of methoxy groups -OCH3 is 1. The van der Waals surface area contributed by atoms with Crippen molar-refractivity contribution in [3.8, 4) is 22.8 Å². The quantitative estimate of drug-likeness (QED) is 0.764. The van der Waals surface area contributed by atoms with Crippen molar-refractivity contribution in [2.24, 2.45) is 0 Å². The molecule has 0 radical (unpaired) electrons. The first-order chi connectivity index (χ1) is 9.19. The Hall–Kier alpha value is -2.49. The summed E-state index contributed by atoms with van der Waals surface area (Å²) >= 11 is 0. The summed E-state index contributed by atoms with van der Waals surface area (Å²) in [5, 5.41) is 9.80. The molecule has 4 heteroatoms. The van der Waals surface area contributed by atoms with Crippen molar-refractivity contribution in [2.45, 2.75) is 6.92 Å². The molecule has 0 fully saturated rings. The summed E-state index contributed by atoms with van der Waals surface area (Å²) in [7, 11) is 1.64. The smallest absolute Gasteiger partial charge is 0.180 e. The number of fused-ring (bicyclic) bond motifs is 1. The fourth-order valence-electron chi connectivity index (χ4n) is 2.15. The Morgan fingerprint density at radius 1 is 1.26 bits per heavy atom. The molecule has 0 unspecified atom stereocenters. The Kier molecular flexibility index (Phi) is 2.63. The normalized spacial score (nSPS) is 10.8. The van der Waals surface area contributed by atoms with Crippen LogP contribution in [0.2, 0.25) is 0 Å². The van der Waals surface area contributed by atoms with Crippen molar-refractivity contribution in [3.05, 3.63) is 48.3 Å². The molecule has 96 valence electrons. The largest absolute Gasteiger partial charge is 0.504 e. The van der Waals surface area contributed by atoms with Crippen LogP contribution >= 0.6 is 0 Å². The fraction of sp³-hybridized carbons (Fsp3) is 0.133. The molecule has 4 nitrogen and oxygen atoms in total. The molecule has 2 heterocycles. The number of hydrogen-bond acceptors (Lipinski definition) is 3. The lowest BCUT2D eigenvalue weighted by atomic mass is 10.1. The lowest BCUT2D eigenvalue weighted by Gasteiger charge is -2.06. The molecular weight excluding hydrogens is 240 g/mol. The number of rotatable bonds is 2. The molecule has 19 heavy (non-hydrogen) atoms. The van der Waals surface area contributed by atoms with E-state index in [2.05, 4.69) is 4.98 Å². The van der Waals surface area contributed by atoms with Gasteiger partial charge in [0, 0.05) is 18.0 Å². The summed E-state index contributed by atoms with van der Waals surface area (Å²) in [6.07, 6.45) is 3.74. The van der Waals surface area contributed by atoms with E-state index in [1.165, 1.54) is 0 Å². The number of ether oxygens (including phenoxy) is 1. The minimum absolute atomic E-state index is 0.167. The molecule has 3 aromatic rings. The van der Waals surface area contributed by atoms with Crippen LogP contribution < -0.4 is 4.74 Å². The van der Waals surface area contributed by atoms with Gasteiger partial charge in [-0.3, -0.25) is 0 Å². The standard InChI is InChI=1S/C15H14N2O2/c1-10-5-6-14(19-2)11(8-10)12-9-17-7-3-4-13(18)15(17)16-12/h3-9,18H,1-2H3. The van der Waals surface area contributed by atoms with Gasteiger partial charge in [-0.25, -0.2) is 4.98 Å². The van der Waals surface area contributed by atoms with E-state index in [0.29, 0.717) is 5.65 Å². The Labute approximate surface area is 110 Å². The number of nitrogens with zero attached hydrogens (tertiary/aromatic N) is 2. The molecule has 0 aliphatic carbocycles. The maximum atomic E-state index is 9.80. The SMILES string of the molecule is COc1ccc(C)cc1-c1cn2cccc(O)c2n1. The van der Waals surface area contributed by atoms with Gasteiger partial charge in [0.05, 0.1) is 12.8 Å². The molecule has 0 bridgehead atoms. The molecule has 1 N–H and O–H groups in total.